The first-order valence-electron chi connectivity index (χ1n) is 12.7. The van der Waals surface area contributed by atoms with Crippen molar-refractivity contribution in [1.29, 1.82) is 0 Å². The number of aliphatic hydroxyl groups is 1. The third-order valence-electron chi connectivity index (χ3n) is 6.93. The standard InChI is InChI=1S/C27H38N6O2/c1-19(2)31(20(3)4)15-13-28-27(35)16-21-17-33(24-10-6-5-9-23(21)24)26-12-11-25(29-30-26)32-14-7-8-22(32)18-34/h5-6,9-12,17,19-20,22,34H,7-8,13-16,18H2,1-4H3,(H,28,35). The number of nitrogens with zero attached hydrogens (tertiary/aromatic N) is 5. The lowest BCUT2D eigenvalue weighted by atomic mass is 10.1. The van der Waals surface area contributed by atoms with E-state index in [9.17, 15) is 9.90 Å². The number of carbonyl (C=O) groups is 1. The Bertz CT molecular complexity index is 1120. The van der Waals surface area contributed by atoms with Gasteiger partial charge >= 0.3 is 0 Å². The molecule has 4 rings (SSSR count). The third-order valence-corrected chi connectivity index (χ3v) is 6.93. The van der Waals surface area contributed by atoms with Gasteiger partial charge in [-0.3, -0.25) is 14.3 Å². The zero-order valence-electron chi connectivity index (χ0n) is 21.3. The maximum atomic E-state index is 12.8. The molecule has 1 saturated heterocycles. The van der Waals surface area contributed by atoms with Gasteiger partial charge in [0.1, 0.15) is 0 Å². The number of nitrogens with one attached hydrogen (secondary N) is 1. The highest BCUT2D eigenvalue weighted by atomic mass is 16.3. The molecule has 0 radical (unpaired) electrons. The first-order chi connectivity index (χ1) is 16.9. The summed E-state index contributed by atoms with van der Waals surface area (Å²) in [4.78, 5) is 17.3. The van der Waals surface area contributed by atoms with Crippen molar-refractivity contribution in [2.24, 2.45) is 0 Å². The highest BCUT2D eigenvalue weighted by molar-refractivity contribution is 5.90. The van der Waals surface area contributed by atoms with Crippen LogP contribution in [0.5, 0.6) is 0 Å². The van der Waals surface area contributed by atoms with Crippen LogP contribution < -0.4 is 10.2 Å². The van der Waals surface area contributed by atoms with Crippen LogP contribution in [0.2, 0.25) is 0 Å². The van der Waals surface area contributed by atoms with Crippen molar-refractivity contribution < 1.29 is 9.90 Å². The van der Waals surface area contributed by atoms with Gasteiger partial charge in [-0.1, -0.05) is 18.2 Å². The molecule has 1 aliphatic rings. The lowest BCUT2D eigenvalue weighted by Gasteiger charge is -2.30. The van der Waals surface area contributed by atoms with Gasteiger partial charge in [0.15, 0.2) is 11.6 Å². The van der Waals surface area contributed by atoms with E-state index in [1.54, 1.807) is 0 Å². The molecule has 1 aliphatic heterocycles. The van der Waals surface area contributed by atoms with Gasteiger partial charge in [-0.2, -0.15) is 0 Å². The van der Waals surface area contributed by atoms with Gasteiger partial charge in [0.05, 0.1) is 24.6 Å². The molecule has 1 atom stereocenters. The lowest BCUT2D eigenvalue weighted by Crippen LogP contribution is -2.42. The zero-order chi connectivity index (χ0) is 24.9. The Kier molecular flexibility index (Phi) is 8.03. The number of amides is 1. The predicted molar refractivity (Wildman–Crippen MR) is 140 cm³/mol. The van der Waals surface area contributed by atoms with E-state index in [2.05, 4.69) is 53.0 Å². The van der Waals surface area contributed by atoms with Crippen LogP contribution in [0.25, 0.3) is 16.7 Å². The normalized spacial score (nSPS) is 16.2. The first kappa shape index (κ1) is 25.1. The summed E-state index contributed by atoms with van der Waals surface area (Å²) >= 11 is 0. The Morgan fingerprint density at radius 2 is 1.83 bits per heavy atom. The largest absolute Gasteiger partial charge is 0.394 e. The molecule has 0 bridgehead atoms. The molecule has 8 nitrogen and oxygen atoms in total. The lowest BCUT2D eigenvalue weighted by molar-refractivity contribution is -0.120. The molecule has 1 amide bonds. The van der Waals surface area contributed by atoms with E-state index in [4.69, 9.17) is 0 Å². The number of anilines is 1. The fourth-order valence-corrected chi connectivity index (χ4v) is 5.18. The van der Waals surface area contributed by atoms with Crippen LogP contribution in [0.4, 0.5) is 5.82 Å². The minimum atomic E-state index is 0.0193. The zero-order valence-corrected chi connectivity index (χ0v) is 21.3. The summed E-state index contributed by atoms with van der Waals surface area (Å²) in [5.41, 5.74) is 1.96. The van der Waals surface area contributed by atoms with Gasteiger partial charge in [0, 0.05) is 43.3 Å². The van der Waals surface area contributed by atoms with Crippen molar-refractivity contribution in [2.45, 2.75) is 65.1 Å². The molecule has 0 saturated carbocycles. The maximum Gasteiger partial charge on any atom is 0.224 e. The van der Waals surface area contributed by atoms with Crippen LogP contribution in [0, 0.1) is 0 Å². The van der Waals surface area contributed by atoms with Gasteiger partial charge in [-0.15, -0.1) is 10.2 Å². The van der Waals surface area contributed by atoms with Crippen LogP contribution in [-0.2, 0) is 11.2 Å². The van der Waals surface area contributed by atoms with Gasteiger partial charge in [-0.05, 0) is 64.3 Å². The Morgan fingerprint density at radius 1 is 1.11 bits per heavy atom. The SMILES string of the molecule is CC(C)N(CCNC(=O)Cc1cn(-c2ccc(N3CCCC3CO)nn2)c2ccccc12)C(C)C. The summed E-state index contributed by atoms with van der Waals surface area (Å²) in [5, 5.41) is 22.7. The quantitative estimate of drug-likeness (QED) is 0.466. The van der Waals surface area contributed by atoms with Crippen LogP contribution in [-0.4, -0.2) is 75.0 Å². The van der Waals surface area contributed by atoms with E-state index in [-0.39, 0.29) is 18.6 Å². The summed E-state index contributed by atoms with van der Waals surface area (Å²) in [6, 6.07) is 13.0. The number of para-hydroxylation sites is 1. The highest BCUT2D eigenvalue weighted by Gasteiger charge is 2.25. The molecule has 1 aromatic carbocycles. The minimum Gasteiger partial charge on any atom is -0.394 e. The van der Waals surface area contributed by atoms with Crippen molar-refractivity contribution in [3.05, 3.63) is 48.2 Å². The average molecular weight is 479 g/mol. The number of hydrogen-bond donors (Lipinski definition) is 2. The molecule has 1 fully saturated rings. The third kappa shape index (κ3) is 5.65. The molecule has 35 heavy (non-hydrogen) atoms. The molecule has 0 aliphatic carbocycles. The predicted octanol–water partition coefficient (Wildman–Crippen LogP) is 3.16. The van der Waals surface area contributed by atoms with Gasteiger partial charge in [0.2, 0.25) is 5.91 Å². The van der Waals surface area contributed by atoms with Crippen molar-refractivity contribution in [1.82, 2.24) is 25.0 Å². The first-order valence-corrected chi connectivity index (χ1v) is 12.7. The van der Waals surface area contributed by atoms with Gasteiger partial charge < -0.3 is 15.3 Å². The molecular weight excluding hydrogens is 440 g/mol. The Balaban J connectivity index is 1.48. The van der Waals surface area contributed by atoms with E-state index < -0.39 is 0 Å². The number of benzene rings is 1. The number of rotatable bonds is 10. The number of aliphatic hydroxyl groups excluding tert-OH is 1. The molecule has 3 heterocycles. The molecule has 8 heteroatoms. The second-order valence-electron chi connectivity index (χ2n) is 9.92. The summed E-state index contributed by atoms with van der Waals surface area (Å²) in [6.45, 7) is 11.2. The fraction of sp³-hybridized carbons (Fsp3) is 0.519. The topological polar surface area (TPSA) is 86.5 Å². The second kappa shape index (κ2) is 11.2. The Hall–Kier alpha value is -2.97. The molecule has 3 aromatic rings. The fourth-order valence-electron chi connectivity index (χ4n) is 5.18. The van der Waals surface area contributed by atoms with Crippen molar-refractivity contribution >= 4 is 22.6 Å². The maximum absolute atomic E-state index is 12.8. The monoisotopic (exact) mass is 478 g/mol. The summed E-state index contributed by atoms with van der Waals surface area (Å²) in [5.74, 6) is 1.52. The van der Waals surface area contributed by atoms with Crippen molar-refractivity contribution in [3.8, 4) is 5.82 Å². The van der Waals surface area contributed by atoms with E-state index in [0.29, 0.717) is 30.9 Å². The summed E-state index contributed by atoms with van der Waals surface area (Å²) in [7, 11) is 0. The number of hydrogen-bond acceptors (Lipinski definition) is 6. The molecular formula is C27H38N6O2. The molecule has 188 valence electrons. The van der Waals surface area contributed by atoms with E-state index in [1.165, 1.54) is 0 Å². The summed E-state index contributed by atoms with van der Waals surface area (Å²) < 4.78 is 2.00. The summed E-state index contributed by atoms with van der Waals surface area (Å²) in [6.07, 6.45) is 4.33. The van der Waals surface area contributed by atoms with E-state index in [1.807, 2.05) is 47.2 Å². The number of aromatic nitrogens is 3. The smallest absolute Gasteiger partial charge is 0.224 e. The molecule has 1 unspecified atom stereocenters. The van der Waals surface area contributed by atoms with Crippen LogP contribution >= 0.6 is 0 Å². The van der Waals surface area contributed by atoms with E-state index in [0.717, 1.165) is 48.2 Å². The van der Waals surface area contributed by atoms with Crippen LogP contribution in [0.1, 0.15) is 46.1 Å². The van der Waals surface area contributed by atoms with Gasteiger partial charge in [0.25, 0.3) is 0 Å². The van der Waals surface area contributed by atoms with Crippen molar-refractivity contribution in [2.75, 3.05) is 31.1 Å². The van der Waals surface area contributed by atoms with Crippen LogP contribution in [0.3, 0.4) is 0 Å². The van der Waals surface area contributed by atoms with Crippen molar-refractivity contribution in [3.63, 3.8) is 0 Å². The molecule has 2 aromatic heterocycles. The number of carbonyl (C=O) groups excluding carboxylic acids is 1. The highest BCUT2D eigenvalue weighted by Crippen LogP contribution is 2.27. The van der Waals surface area contributed by atoms with Crippen LogP contribution in [0.15, 0.2) is 42.6 Å². The van der Waals surface area contributed by atoms with Gasteiger partial charge in [-0.25, -0.2) is 0 Å². The molecule has 2 N–H and O–H groups in total. The van der Waals surface area contributed by atoms with E-state index >= 15 is 0 Å². The Morgan fingerprint density at radius 3 is 2.51 bits per heavy atom. The number of fused-ring (bicyclic) bond motifs is 1. The average Bonchev–Trinajstić information content (AvgIpc) is 3.46. The second-order valence-corrected chi connectivity index (χ2v) is 9.92. The minimum absolute atomic E-state index is 0.0193. The molecule has 0 spiro atoms. The Labute approximate surface area is 207 Å².